The van der Waals surface area contributed by atoms with Crippen LogP contribution in [0.5, 0.6) is 0 Å². The SMILES string of the molecule is CCOC(=O)CC(C)c1cc(C(F)(F)F)cc(S(=O)(=O)NC)c1. The lowest BCUT2D eigenvalue weighted by Crippen LogP contribution is -2.20. The molecule has 5 nitrogen and oxygen atoms in total. The van der Waals surface area contributed by atoms with Gasteiger partial charge < -0.3 is 4.74 Å². The molecule has 1 atom stereocenters. The van der Waals surface area contributed by atoms with Crippen molar-refractivity contribution in [3.63, 3.8) is 0 Å². The van der Waals surface area contributed by atoms with Crippen molar-refractivity contribution >= 4 is 16.0 Å². The number of ether oxygens (including phenoxy) is 1. The fourth-order valence-electron chi connectivity index (χ4n) is 1.93. The highest BCUT2D eigenvalue weighted by Crippen LogP contribution is 2.34. The zero-order valence-corrected chi connectivity index (χ0v) is 13.7. The van der Waals surface area contributed by atoms with E-state index in [0.29, 0.717) is 6.07 Å². The summed E-state index contributed by atoms with van der Waals surface area (Å²) in [7, 11) is -2.93. The number of esters is 1. The van der Waals surface area contributed by atoms with Crippen molar-refractivity contribution in [2.75, 3.05) is 13.7 Å². The summed E-state index contributed by atoms with van der Waals surface area (Å²) in [6.45, 7) is 3.31. The summed E-state index contributed by atoms with van der Waals surface area (Å²) in [5.41, 5.74) is -0.985. The van der Waals surface area contributed by atoms with Crippen LogP contribution in [0, 0.1) is 0 Å². The first-order chi connectivity index (χ1) is 10.5. The second-order valence-corrected chi connectivity index (χ2v) is 6.79. The van der Waals surface area contributed by atoms with Gasteiger partial charge in [0, 0.05) is 0 Å². The van der Waals surface area contributed by atoms with Gasteiger partial charge in [-0.2, -0.15) is 13.2 Å². The van der Waals surface area contributed by atoms with Crippen LogP contribution in [0.3, 0.4) is 0 Å². The summed E-state index contributed by atoms with van der Waals surface area (Å²) >= 11 is 0. The van der Waals surface area contributed by atoms with Gasteiger partial charge in [0.05, 0.1) is 23.5 Å². The second kappa shape index (κ2) is 7.31. The number of hydrogen-bond donors (Lipinski definition) is 1. The minimum atomic E-state index is -4.70. The van der Waals surface area contributed by atoms with Gasteiger partial charge in [-0.1, -0.05) is 6.92 Å². The number of nitrogens with one attached hydrogen (secondary N) is 1. The highest BCUT2D eigenvalue weighted by atomic mass is 32.2. The molecule has 1 aromatic rings. The van der Waals surface area contributed by atoms with Crippen LogP contribution in [0.4, 0.5) is 13.2 Å². The molecule has 0 heterocycles. The van der Waals surface area contributed by atoms with E-state index in [4.69, 9.17) is 4.74 Å². The molecule has 0 amide bonds. The topological polar surface area (TPSA) is 72.5 Å². The lowest BCUT2D eigenvalue weighted by Gasteiger charge is -2.16. The predicted octanol–water partition coefficient (Wildman–Crippen LogP) is 2.67. The third-order valence-electron chi connectivity index (χ3n) is 3.18. The van der Waals surface area contributed by atoms with Gasteiger partial charge in [0.1, 0.15) is 0 Å². The maximum Gasteiger partial charge on any atom is 0.416 e. The smallest absolute Gasteiger partial charge is 0.416 e. The summed E-state index contributed by atoms with van der Waals surface area (Å²) in [5, 5.41) is 0. The summed E-state index contributed by atoms with van der Waals surface area (Å²) in [5.74, 6) is -1.18. The summed E-state index contributed by atoms with van der Waals surface area (Å²) in [4.78, 5) is 11.0. The molecule has 0 bridgehead atoms. The number of alkyl halides is 3. The van der Waals surface area contributed by atoms with Crippen LogP contribution in [0.15, 0.2) is 23.1 Å². The number of carbonyl (C=O) groups is 1. The van der Waals surface area contributed by atoms with Crippen LogP contribution in [0.25, 0.3) is 0 Å². The van der Waals surface area contributed by atoms with E-state index in [0.717, 1.165) is 19.2 Å². The molecule has 9 heteroatoms. The van der Waals surface area contributed by atoms with Gasteiger partial charge in [0.15, 0.2) is 0 Å². The normalized spacial score (nSPS) is 13.7. The van der Waals surface area contributed by atoms with E-state index in [9.17, 15) is 26.4 Å². The molecule has 0 saturated heterocycles. The highest BCUT2D eigenvalue weighted by Gasteiger charge is 2.33. The summed E-state index contributed by atoms with van der Waals surface area (Å²) < 4.78 is 69.3. The second-order valence-electron chi connectivity index (χ2n) is 4.91. The van der Waals surface area contributed by atoms with Crippen molar-refractivity contribution in [1.82, 2.24) is 4.72 Å². The first-order valence-corrected chi connectivity index (χ1v) is 8.31. The number of carbonyl (C=O) groups excluding carboxylic acids is 1. The van der Waals surface area contributed by atoms with Gasteiger partial charge in [0.25, 0.3) is 0 Å². The molecule has 0 saturated carbocycles. The van der Waals surface area contributed by atoms with Gasteiger partial charge in [0.2, 0.25) is 10.0 Å². The molecule has 0 aromatic heterocycles. The average Bonchev–Trinajstić information content (AvgIpc) is 2.46. The Bertz CT molecular complexity index is 671. The highest BCUT2D eigenvalue weighted by molar-refractivity contribution is 7.89. The van der Waals surface area contributed by atoms with E-state index >= 15 is 0 Å². The standard InChI is InChI=1S/C14H18F3NO4S/c1-4-22-13(19)5-9(2)10-6-11(14(15,16)17)8-12(7-10)23(20,21)18-3/h6-9,18H,4-5H2,1-3H3. The Kier molecular flexibility index (Phi) is 6.18. The third-order valence-corrected chi connectivity index (χ3v) is 4.58. The fraction of sp³-hybridized carbons (Fsp3) is 0.500. The molecule has 0 aliphatic rings. The molecule has 1 aromatic carbocycles. The van der Waals surface area contributed by atoms with Crippen LogP contribution >= 0.6 is 0 Å². The molecule has 0 aliphatic carbocycles. The molecular weight excluding hydrogens is 335 g/mol. The molecular formula is C14H18F3NO4S. The van der Waals surface area contributed by atoms with Gasteiger partial charge >= 0.3 is 12.1 Å². The molecule has 0 spiro atoms. The van der Waals surface area contributed by atoms with Crippen LogP contribution in [0.2, 0.25) is 0 Å². The molecule has 1 N–H and O–H groups in total. The van der Waals surface area contributed by atoms with Gasteiger partial charge in [-0.25, -0.2) is 13.1 Å². The zero-order chi connectivity index (χ0) is 17.8. The first-order valence-electron chi connectivity index (χ1n) is 6.82. The third kappa shape index (κ3) is 5.21. The quantitative estimate of drug-likeness (QED) is 0.798. The van der Waals surface area contributed by atoms with Gasteiger partial charge in [-0.05, 0) is 43.7 Å². The van der Waals surface area contributed by atoms with Gasteiger partial charge in [-0.15, -0.1) is 0 Å². The van der Waals surface area contributed by atoms with Crippen LogP contribution < -0.4 is 4.72 Å². The Labute approximate surface area is 132 Å². The Morgan fingerprint density at radius 3 is 2.39 bits per heavy atom. The Morgan fingerprint density at radius 2 is 1.91 bits per heavy atom. The van der Waals surface area contributed by atoms with E-state index in [-0.39, 0.29) is 18.6 Å². The van der Waals surface area contributed by atoms with Crippen molar-refractivity contribution in [2.45, 2.75) is 37.3 Å². The van der Waals surface area contributed by atoms with Crippen LogP contribution in [0.1, 0.15) is 37.3 Å². The minimum absolute atomic E-state index is 0.0988. The van der Waals surface area contributed by atoms with Crippen molar-refractivity contribution in [3.8, 4) is 0 Å². The van der Waals surface area contributed by atoms with E-state index in [2.05, 4.69) is 0 Å². The monoisotopic (exact) mass is 353 g/mol. The summed E-state index contributed by atoms with van der Waals surface area (Å²) in [6, 6.07) is 2.54. The molecule has 130 valence electrons. The minimum Gasteiger partial charge on any atom is -0.466 e. The molecule has 1 unspecified atom stereocenters. The Hall–Kier alpha value is -1.61. The predicted molar refractivity (Wildman–Crippen MR) is 77.4 cm³/mol. The first kappa shape index (κ1) is 19.4. The molecule has 0 aliphatic heterocycles. The number of halogens is 3. The maximum atomic E-state index is 13.0. The fourth-order valence-corrected chi connectivity index (χ4v) is 2.74. The maximum absolute atomic E-state index is 13.0. The molecule has 1 rings (SSSR count). The van der Waals surface area contributed by atoms with Crippen molar-refractivity contribution in [1.29, 1.82) is 0 Å². The van der Waals surface area contributed by atoms with E-state index in [1.165, 1.54) is 6.92 Å². The van der Waals surface area contributed by atoms with E-state index < -0.39 is 38.5 Å². The van der Waals surface area contributed by atoms with Crippen molar-refractivity contribution in [2.24, 2.45) is 0 Å². The average molecular weight is 353 g/mol. The van der Waals surface area contributed by atoms with E-state index in [1.54, 1.807) is 6.92 Å². The number of rotatable bonds is 6. The van der Waals surface area contributed by atoms with Crippen molar-refractivity contribution in [3.05, 3.63) is 29.3 Å². The van der Waals surface area contributed by atoms with Crippen molar-refractivity contribution < 1.29 is 31.1 Å². The van der Waals surface area contributed by atoms with Crippen LogP contribution in [-0.2, 0) is 25.7 Å². The summed E-state index contributed by atoms with van der Waals surface area (Å²) in [6.07, 6.45) is -4.84. The largest absolute Gasteiger partial charge is 0.466 e. The molecule has 0 radical (unpaired) electrons. The lowest BCUT2D eigenvalue weighted by molar-refractivity contribution is -0.143. The van der Waals surface area contributed by atoms with Crippen LogP contribution in [-0.4, -0.2) is 28.0 Å². The molecule has 0 fully saturated rings. The Morgan fingerprint density at radius 1 is 1.30 bits per heavy atom. The molecule has 23 heavy (non-hydrogen) atoms. The Balaban J connectivity index is 3.31. The zero-order valence-electron chi connectivity index (χ0n) is 12.9. The number of sulfonamides is 1. The van der Waals surface area contributed by atoms with E-state index in [1.807, 2.05) is 4.72 Å². The number of benzene rings is 1. The van der Waals surface area contributed by atoms with Gasteiger partial charge in [-0.3, -0.25) is 4.79 Å². The number of hydrogen-bond acceptors (Lipinski definition) is 4. The lowest BCUT2D eigenvalue weighted by atomic mass is 9.96.